The van der Waals surface area contributed by atoms with Gasteiger partial charge in [-0.25, -0.2) is 33.2 Å². The van der Waals surface area contributed by atoms with Crippen LogP contribution in [0.5, 0.6) is 5.75 Å². The summed E-state index contributed by atoms with van der Waals surface area (Å²) in [7, 11) is -1.37. The predicted octanol–water partition coefficient (Wildman–Crippen LogP) is 4.17. The number of hydrogen-bond acceptors (Lipinski definition) is 6. The van der Waals surface area contributed by atoms with E-state index in [1.165, 1.54) is 25.3 Å². The molecule has 0 aliphatic carbocycles. The lowest BCUT2D eigenvalue weighted by molar-refractivity contribution is 0.412. The van der Waals surface area contributed by atoms with Crippen molar-refractivity contribution in [2.45, 2.75) is 12.7 Å². The van der Waals surface area contributed by atoms with Gasteiger partial charge in [-0.1, -0.05) is 6.92 Å². The first kappa shape index (κ1) is 22.5. The molecule has 31 heavy (non-hydrogen) atoms. The maximum absolute atomic E-state index is 14.4. The van der Waals surface area contributed by atoms with E-state index in [4.69, 9.17) is 10.6 Å². The fraction of sp³-hybridized carbons (Fsp3) is 0.200. The van der Waals surface area contributed by atoms with Gasteiger partial charge in [-0.3, -0.25) is 0 Å². The van der Waals surface area contributed by atoms with Gasteiger partial charge in [-0.15, -0.1) is 0 Å². The first-order valence-electron chi connectivity index (χ1n) is 9.11. The Hall–Kier alpha value is -3.18. The third kappa shape index (κ3) is 5.30. The second-order valence-corrected chi connectivity index (χ2v) is 9.14. The molecule has 0 bridgehead atoms. The zero-order chi connectivity index (χ0) is 22.6. The standard InChI is InChI=1S/C20H20F3N5O2S/c1-3-31(29,28-24)11-12-6-14(22)8-15(7-12)26-20-25-10-17(23)19(27-20)16-5-4-13(21)9-18(16)30-2/h4-10H,3,11,24H2,1-2H3,(H,25,26,27). The van der Waals surface area contributed by atoms with Crippen molar-refractivity contribution in [2.24, 2.45) is 10.3 Å². The summed E-state index contributed by atoms with van der Waals surface area (Å²) in [4.78, 5) is 7.99. The summed E-state index contributed by atoms with van der Waals surface area (Å²) in [5, 5.41) is 2.79. The number of nitrogens with zero attached hydrogens (tertiary/aromatic N) is 3. The minimum Gasteiger partial charge on any atom is -0.496 e. The van der Waals surface area contributed by atoms with Crippen LogP contribution in [0, 0.1) is 17.5 Å². The molecule has 1 unspecified atom stereocenters. The molecular formula is C20H20F3N5O2S. The van der Waals surface area contributed by atoms with Crippen molar-refractivity contribution in [1.82, 2.24) is 9.97 Å². The van der Waals surface area contributed by atoms with Crippen LogP contribution < -0.4 is 15.9 Å². The Balaban J connectivity index is 1.96. The minimum atomic E-state index is -2.70. The summed E-state index contributed by atoms with van der Waals surface area (Å²) in [6.07, 6.45) is 0.935. The third-order valence-corrected chi connectivity index (χ3v) is 6.48. The van der Waals surface area contributed by atoms with Crippen molar-refractivity contribution >= 4 is 21.4 Å². The van der Waals surface area contributed by atoms with Gasteiger partial charge in [-0.05, 0) is 35.9 Å². The molecule has 0 radical (unpaired) electrons. The zero-order valence-corrected chi connectivity index (χ0v) is 17.5. The molecule has 11 heteroatoms. The van der Waals surface area contributed by atoms with E-state index in [1.54, 1.807) is 13.0 Å². The van der Waals surface area contributed by atoms with E-state index in [9.17, 15) is 17.4 Å². The van der Waals surface area contributed by atoms with E-state index < -0.39 is 27.2 Å². The number of aromatic nitrogens is 2. The molecule has 0 aliphatic rings. The molecule has 0 fully saturated rings. The molecule has 0 saturated carbocycles. The second-order valence-electron chi connectivity index (χ2n) is 6.52. The Morgan fingerprint density at radius 1 is 1.16 bits per heavy atom. The fourth-order valence-corrected chi connectivity index (χ4v) is 4.00. The van der Waals surface area contributed by atoms with E-state index in [0.717, 1.165) is 18.3 Å². The molecule has 1 heterocycles. The topological polar surface area (TPSA) is 102 Å². The van der Waals surface area contributed by atoms with Gasteiger partial charge in [0.25, 0.3) is 0 Å². The van der Waals surface area contributed by atoms with Gasteiger partial charge >= 0.3 is 0 Å². The van der Waals surface area contributed by atoms with Crippen LogP contribution in [-0.4, -0.2) is 27.0 Å². The highest BCUT2D eigenvalue weighted by atomic mass is 32.2. The van der Waals surface area contributed by atoms with Gasteiger partial charge in [0.1, 0.15) is 23.1 Å². The number of nitrogens with one attached hydrogen (secondary N) is 1. The molecule has 3 aromatic rings. The Labute approximate surface area is 177 Å². The van der Waals surface area contributed by atoms with Gasteiger partial charge in [0.05, 0.1) is 28.8 Å². The second kappa shape index (κ2) is 9.31. The highest BCUT2D eigenvalue weighted by Crippen LogP contribution is 2.31. The molecule has 1 aromatic heterocycles. The number of halogens is 3. The molecule has 3 rings (SSSR count). The fourth-order valence-electron chi connectivity index (χ4n) is 2.89. The maximum atomic E-state index is 14.4. The molecule has 0 amide bonds. The zero-order valence-electron chi connectivity index (χ0n) is 16.7. The quantitative estimate of drug-likeness (QED) is 0.413. The summed E-state index contributed by atoms with van der Waals surface area (Å²) < 4.78 is 63.0. The number of anilines is 2. The summed E-state index contributed by atoms with van der Waals surface area (Å²) in [6, 6.07) is 7.55. The molecule has 3 N–H and O–H groups in total. The number of hydrogen-bond donors (Lipinski definition) is 2. The number of ether oxygens (including phenoxy) is 1. The highest BCUT2D eigenvalue weighted by molar-refractivity contribution is 7.92. The third-order valence-electron chi connectivity index (χ3n) is 4.41. The lowest BCUT2D eigenvalue weighted by Gasteiger charge is -2.12. The van der Waals surface area contributed by atoms with Crippen LogP contribution in [0.2, 0.25) is 0 Å². The maximum Gasteiger partial charge on any atom is 0.227 e. The summed E-state index contributed by atoms with van der Waals surface area (Å²) in [5.41, 5.74) is 0.764. The lowest BCUT2D eigenvalue weighted by atomic mass is 10.1. The Morgan fingerprint density at radius 3 is 2.61 bits per heavy atom. The Kier molecular flexibility index (Phi) is 6.76. The molecule has 164 valence electrons. The van der Waals surface area contributed by atoms with Gasteiger partial charge < -0.3 is 10.1 Å². The van der Waals surface area contributed by atoms with Crippen molar-refractivity contribution in [1.29, 1.82) is 0 Å². The van der Waals surface area contributed by atoms with Crippen LogP contribution in [0.1, 0.15) is 12.5 Å². The van der Waals surface area contributed by atoms with Crippen LogP contribution in [-0.2, 0) is 15.5 Å². The van der Waals surface area contributed by atoms with Crippen LogP contribution in [0.3, 0.4) is 0 Å². The van der Waals surface area contributed by atoms with E-state index in [2.05, 4.69) is 19.8 Å². The first-order chi connectivity index (χ1) is 14.8. The van der Waals surface area contributed by atoms with Gasteiger partial charge in [0.2, 0.25) is 5.95 Å². The molecule has 0 spiro atoms. The monoisotopic (exact) mass is 451 g/mol. The van der Waals surface area contributed by atoms with Crippen molar-refractivity contribution in [3.8, 4) is 17.0 Å². The Morgan fingerprint density at radius 2 is 1.94 bits per heavy atom. The van der Waals surface area contributed by atoms with Crippen molar-refractivity contribution in [3.63, 3.8) is 0 Å². The first-order valence-corrected chi connectivity index (χ1v) is 11.0. The largest absolute Gasteiger partial charge is 0.496 e. The smallest absolute Gasteiger partial charge is 0.227 e. The summed E-state index contributed by atoms with van der Waals surface area (Å²) >= 11 is 0. The summed E-state index contributed by atoms with van der Waals surface area (Å²) in [5.74, 6) is 3.60. The number of methoxy groups -OCH3 is 1. The van der Waals surface area contributed by atoms with Crippen molar-refractivity contribution < 1.29 is 22.1 Å². The van der Waals surface area contributed by atoms with Gasteiger partial charge in [-0.2, -0.15) is 4.47 Å². The van der Waals surface area contributed by atoms with Gasteiger partial charge in [0.15, 0.2) is 5.82 Å². The Bertz CT molecular complexity index is 1230. The van der Waals surface area contributed by atoms with Crippen LogP contribution in [0.15, 0.2) is 47.1 Å². The molecule has 1 atom stereocenters. The molecule has 0 saturated heterocycles. The molecular weight excluding hydrogens is 431 g/mol. The van der Waals surface area contributed by atoms with E-state index in [-0.39, 0.29) is 40.1 Å². The molecule has 0 aliphatic heterocycles. The molecule has 7 nitrogen and oxygen atoms in total. The van der Waals surface area contributed by atoms with Crippen molar-refractivity contribution in [2.75, 3.05) is 18.2 Å². The normalized spacial score (nSPS) is 12.8. The number of rotatable bonds is 7. The highest BCUT2D eigenvalue weighted by Gasteiger charge is 2.16. The van der Waals surface area contributed by atoms with E-state index in [0.29, 0.717) is 5.56 Å². The van der Waals surface area contributed by atoms with E-state index in [1.807, 2.05) is 0 Å². The SMILES string of the molecule is CCS(=O)(Cc1cc(F)cc(Nc2ncc(F)c(-c3ccc(F)cc3OC)n2)c1)=NN. The van der Waals surface area contributed by atoms with Crippen LogP contribution in [0.4, 0.5) is 24.8 Å². The minimum absolute atomic E-state index is 0.0286. The molecule has 2 aromatic carbocycles. The van der Waals surface area contributed by atoms with E-state index >= 15 is 0 Å². The van der Waals surface area contributed by atoms with Gasteiger partial charge in [0, 0.05) is 23.1 Å². The number of benzene rings is 2. The van der Waals surface area contributed by atoms with Crippen LogP contribution >= 0.6 is 0 Å². The average molecular weight is 451 g/mol. The predicted molar refractivity (Wildman–Crippen MR) is 113 cm³/mol. The van der Waals surface area contributed by atoms with Crippen molar-refractivity contribution in [3.05, 3.63) is 65.6 Å². The summed E-state index contributed by atoms with van der Waals surface area (Å²) in [6.45, 7) is 1.68. The lowest BCUT2D eigenvalue weighted by Crippen LogP contribution is -2.10. The average Bonchev–Trinajstić information content (AvgIpc) is 2.74. The number of nitrogens with two attached hydrogens (primary N) is 1. The van der Waals surface area contributed by atoms with Crippen LogP contribution in [0.25, 0.3) is 11.3 Å².